The molecule has 0 unspecified atom stereocenters. The first-order chi connectivity index (χ1) is 1.00. The van der Waals surface area contributed by atoms with E-state index in [2.05, 4.69) is 0 Å². The maximum atomic E-state index is 7.00. The van der Waals surface area contributed by atoms with E-state index in [1.165, 1.54) is 0 Å². The third-order valence-corrected chi connectivity index (χ3v) is 0. The van der Waals surface area contributed by atoms with E-state index < -0.39 is 0 Å². The third-order valence-electron chi connectivity index (χ3n) is 0. The molecule has 0 rings (SSSR count). The van der Waals surface area contributed by atoms with Crippen LogP contribution in [0.25, 0.3) is 0 Å². The van der Waals surface area contributed by atoms with E-state index in [0.717, 1.165) is 7.11 Å². The quantitative estimate of drug-likeness (QED) is 0.200. The standard InChI is InChI=1S/CH4O.30H3N/c1-2;;;;;;;;;;;;;;;;;;;;;;;;;;;;;;/h2H,1H3;30*1H3. The predicted octanol–water partition coefficient (Wildman–Crippen LogP) is 4.47. The molecular weight excluding hydrogens is 448 g/mol. The minimum absolute atomic E-state index is 0. The molecule has 0 aromatic carbocycles. The summed E-state index contributed by atoms with van der Waals surface area (Å²) < 4.78 is 0. The van der Waals surface area contributed by atoms with Crippen LogP contribution in [0.2, 0.25) is 0 Å². The second-order valence-electron chi connectivity index (χ2n) is 0. The Morgan fingerprint density at radius 2 is 0.125 bits per heavy atom. The van der Waals surface area contributed by atoms with Gasteiger partial charge in [0.1, 0.15) is 0 Å². The summed E-state index contributed by atoms with van der Waals surface area (Å²) in [4.78, 5) is 0. The number of hydrogen-bond acceptors (Lipinski definition) is 31. The van der Waals surface area contributed by atoms with E-state index in [1.54, 1.807) is 0 Å². The fraction of sp³-hybridized carbons (Fsp3) is 1.00. The van der Waals surface area contributed by atoms with E-state index >= 15 is 0 Å². The topological polar surface area (TPSA) is 1070 Å². The maximum Gasteiger partial charge on any atom is 0.0319 e. The first-order valence-electron chi connectivity index (χ1n) is 0.447. The molecule has 31 nitrogen and oxygen atoms in total. The lowest BCUT2D eigenvalue weighted by Crippen LogP contribution is -1.25. The van der Waals surface area contributed by atoms with Crippen LogP contribution in [-0.2, 0) is 0 Å². The SMILES string of the molecule is CO.N.N.N.N.N.N.N.N.N.N.N.N.N.N.N.N.N.N.N.N.N.N.N.N.N.N.N.N.N.N. The van der Waals surface area contributed by atoms with Gasteiger partial charge >= 0.3 is 0 Å². The summed E-state index contributed by atoms with van der Waals surface area (Å²) in [7, 11) is 1.00. The molecule has 31 heteroatoms. The minimum Gasteiger partial charge on any atom is -0.400 e. The second kappa shape index (κ2) is 16000. The van der Waals surface area contributed by atoms with Crippen LogP contribution >= 0.6 is 0 Å². The van der Waals surface area contributed by atoms with Crippen LogP contribution in [0.3, 0.4) is 0 Å². The van der Waals surface area contributed by atoms with Crippen LogP contribution in [0.5, 0.6) is 0 Å². The molecular formula is CH94N30O. The Bertz CT molecular complexity index is 12.8. The van der Waals surface area contributed by atoms with E-state index in [9.17, 15) is 0 Å². The zero-order valence-electron chi connectivity index (χ0n) is 22.7. The van der Waals surface area contributed by atoms with Crippen LogP contribution in [0.15, 0.2) is 0 Å². The minimum atomic E-state index is 0. The molecule has 0 atom stereocenters. The van der Waals surface area contributed by atoms with E-state index in [0.29, 0.717) is 0 Å². The Morgan fingerprint density at radius 3 is 0.125 bits per heavy atom. The fourth-order valence-electron chi connectivity index (χ4n) is 0. The molecule has 0 aliphatic heterocycles. The first-order valence-corrected chi connectivity index (χ1v) is 0.447. The summed E-state index contributed by atoms with van der Waals surface area (Å²) in [5, 5.41) is 7.00. The Morgan fingerprint density at radius 1 is 0.125 bits per heavy atom. The lowest BCUT2D eigenvalue weighted by atomic mass is 11.8. The fourth-order valence-corrected chi connectivity index (χ4v) is 0. The van der Waals surface area contributed by atoms with Crippen molar-refractivity contribution in [3.05, 3.63) is 0 Å². The zero-order chi connectivity index (χ0) is 2.00. The van der Waals surface area contributed by atoms with Crippen molar-refractivity contribution in [2.24, 2.45) is 0 Å². The van der Waals surface area contributed by atoms with Gasteiger partial charge in [-0.25, -0.2) is 0 Å². The average Bonchev–Trinajstić information content (AvgIpc) is 1.00. The molecule has 0 aliphatic rings. The van der Waals surface area contributed by atoms with Crippen molar-refractivity contribution in [1.29, 1.82) is 0 Å². The smallest absolute Gasteiger partial charge is 0.0319 e. The Balaban J connectivity index is -0.0000000000115. The lowest BCUT2D eigenvalue weighted by molar-refractivity contribution is 0.399. The van der Waals surface area contributed by atoms with Gasteiger partial charge in [-0.05, 0) is 0 Å². The molecule has 32 heavy (non-hydrogen) atoms. The molecule has 91 N–H and O–H groups in total. The summed E-state index contributed by atoms with van der Waals surface area (Å²) in [6.07, 6.45) is 0. The zero-order valence-corrected chi connectivity index (χ0v) is 22.7. The second-order valence-corrected chi connectivity index (χ2v) is 0. The molecule has 0 heterocycles. The maximum absolute atomic E-state index is 7.00. The van der Waals surface area contributed by atoms with Gasteiger partial charge in [-0.2, -0.15) is 0 Å². The molecule has 0 radical (unpaired) electrons. The highest BCUT2D eigenvalue weighted by Crippen LogP contribution is 0.755. The highest BCUT2D eigenvalue weighted by Gasteiger charge is 0.839. The van der Waals surface area contributed by atoms with Gasteiger partial charge in [0.05, 0.1) is 0 Å². The van der Waals surface area contributed by atoms with Gasteiger partial charge in [0, 0.05) is 7.11 Å². The normalized spacial score (nSPS) is 0.188. The van der Waals surface area contributed by atoms with Crippen LogP contribution in [-0.4, -0.2) is 12.2 Å². The Hall–Kier alpha value is -1.24. The summed E-state index contributed by atoms with van der Waals surface area (Å²) in [5.74, 6) is 0. The molecule has 0 spiro atoms. The summed E-state index contributed by atoms with van der Waals surface area (Å²) in [5.41, 5.74) is 0. The van der Waals surface area contributed by atoms with Gasteiger partial charge in [0.15, 0.2) is 0 Å². The largest absolute Gasteiger partial charge is 0.400 e. The number of aliphatic hydroxyl groups excluding tert-OH is 1. The molecule has 0 saturated carbocycles. The first kappa shape index (κ1) is 473000. The van der Waals surface area contributed by atoms with Gasteiger partial charge < -0.3 is 190 Å². The molecule has 0 aromatic rings. The van der Waals surface area contributed by atoms with Gasteiger partial charge in [-0.15, -0.1) is 0 Å². The van der Waals surface area contributed by atoms with Gasteiger partial charge in [-0.1, -0.05) is 0 Å². The molecule has 0 bridgehead atoms. The average molecular weight is 543 g/mol. The van der Waals surface area contributed by atoms with Crippen molar-refractivity contribution in [3.63, 3.8) is 0 Å². The van der Waals surface area contributed by atoms with Crippen LogP contribution in [0.4, 0.5) is 0 Å². The van der Waals surface area contributed by atoms with Gasteiger partial charge in [0.2, 0.25) is 0 Å². The van der Waals surface area contributed by atoms with E-state index in [-0.39, 0.29) is 185 Å². The molecule has 0 saturated heterocycles. The Kier molecular flexibility index (Phi) is 237000000. The van der Waals surface area contributed by atoms with Gasteiger partial charge in [0.25, 0.3) is 0 Å². The Labute approximate surface area is 198 Å². The molecule has 0 amide bonds. The molecule has 0 aliphatic carbocycles. The van der Waals surface area contributed by atoms with Crippen LogP contribution in [0, 0.1) is 0 Å². The number of hydrogen-bond donors (Lipinski definition) is 31. The molecule has 254 valence electrons. The van der Waals surface area contributed by atoms with Crippen molar-refractivity contribution in [2.75, 3.05) is 7.11 Å². The monoisotopic (exact) mass is 543 g/mol. The third kappa shape index (κ3) is 14400. The van der Waals surface area contributed by atoms with Gasteiger partial charge in [-0.3, -0.25) is 0 Å². The van der Waals surface area contributed by atoms with Crippen molar-refractivity contribution >= 4 is 0 Å². The predicted molar refractivity (Wildman–Crippen MR) is 159 cm³/mol. The summed E-state index contributed by atoms with van der Waals surface area (Å²) in [6.45, 7) is 0. The van der Waals surface area contributed by atoms with Crippen molar-refractivity contribution in [1.82, 2.24) is 185 Å². The molecule has 0 aromatic heterocycles. The van der Waals surface area contributed by atoms with Crippen LogP contribution < -0.4 is 185 Å². The van der Waals surface area contributed by atoms with E-state index in [4.69, 9.17) is 5.11 Å². The van der Waals surface area contributed by atoms with Crippen molar-refractivity contribution < 1.29 is 5.11 Å². The number of aliphatic hydroxyl groups is 1. The highest BCUT2D eigenvalue weighted by molar-refractivity contribution is 3.18. The summed E-state index contributed by atoms with van der Waals surface area (Å²) in [6, 6.07) is 0. The molecule has 0 fully saturated rings. The van der Waals surface area contributed by atoms with Crippen molar-refractivity contribution in [3.8, 4) is 0 Å². The van der Waals surface area contributed by atoms with Crippen LogP contribution in [0.1, 0.15) is 0 Å². The number of rotatable bonds is 0. The van der Waals surface area contributed by atoms with Crippen molar-refractivity contribution in [2.45, 2.75) is 0 Å². The highest BCUT2D eigenvalue weighted by atomic mass is 16.2. The summed E-state index contributed by atoms with van der Waals surface area (Å²) >= 11 is 0. The lowest BCUT2D eigenvalue weighted by Gasteiger charge is -1.21. The van der Waals surface area contributed by atoms with E-state index in [1.807, 2.05) is 0 Å².